The van der Waals surface area contributed by atoms with E-state index >= 15 is 0 Å². The maximum absolute atomic E-state index is 11.2. The predicted molar refractivity (Wildman–Crippen MR) is 59.4 cm³/mol. The molecule has 1 saturated heterocycles. The predicted octanol–water partition coefficient (Wildman–Crippen LogP) is 2.25. The van der Waals surface area contributed by atoms with Crippen LogP contribution in [0, 0.1) is 0 Å². The van der Waals surface area contributed by atoms with Crippen LogP contribution in [-0.2, 0) is 4.74 Å². The van der Waals surface area contributed by atoms with Crippen molar-refractivity contribution in [3.8, 4) is 5.75 Å². The second kappa shape index (κ2) is 4.43. The molecule has 1 fully saturated rings. The van der Waals surface area contributed by atoms with Gasteiger partial charge in [0.2, 0.25) is 0 Å². The van der Waals surface area contributed by atoms with Crippen LogP contribution in [0.5, 0.6) is 5.75 Å². The van der Waals surface area contributed by atoms with Crippen LogP contribution in [0.3, 0.4) is 0 Å². The number of carbonyl (C=O) groups is 1. The number of rotatable bonds is 3. The van der Waals surface area contributed by atoms with Crippen molar-refractivity contribution in [2.24, 2.45) is 0 Å². The third-order valence-electron chi connectivity index (χ3n) is 2.79. The molecule has 1 heterocycles. The van der Waals surface area contributed by atoms with E-state index in [0.29, 0.717) is 0 Å². The summed E-state index contributed by atoms with van der Waals surface area (Å²) in [6, 6.07) is 7.64. The second-order valence-electron chi connectivity index (χ2n) is 3.76. The lowest BCUT2D eigenvalue weighted by molar-refractivity contribution is 0.131. The van der Waals surface area contributed by atoms with Gasteiger partial charge in [-0.2, -0.15) is 0 Å². The van der Waals surface area contributed by atoms with Gasteiger partial charge < -0.3 is 14.8 Å². The minimum atomic E-state index is -0.340. The number of cyclic esters (lactones) is 1. The van der Waals surface area contributed by atoms with Crippen LogP contribution in [0.15, 0.2) is 24.3 Å². The fourth-order valence-electron chi connectivity index (χ4n) is 1.87. The Morgan fingerprint density at radius 1 is 1.38 bits per heavy atom. The van der Waals surface area contributed by atoms with Gasteiger partial charge in [-0.3, -0.25) is 0 Å². The van der Waals surface area contributed by atoms with Gasteiger partial charge in [0.1, 0.15) is 11.9 Å². The fraction of sp³-hybridized carbons (Fsp3) is 0.417. The molecule has 2 atom stereocenters. The maximum atomic E-state index is 11.2. The molecular weight excluding hydrogens is 206 g/mol. The molecule has 1 aromatic carbocycles. The summed E-state index contributed by atoms with van der Waals surface area (Å²) in [5, 5.41) is 2.79. The molecule has 1 amide bonds. The number of benzene rings is 1. The molecule has 0 aliphatic carbocycles. The highest BCUT2D eigenvalue weighted by Crippen LogP contribution is 2.29. The van der Waals surface area contributed by atoms with E-state index in [-0.39, 0.29) is 18.2 Å². The summed E-state index contributed by atoms with van der Waals surface area (Å²) in [4.78, 5) is 11.2. The van der Waals surface area contributed by atoms with E-state index in [1.165, 1.54) is 0 Å². The standard InChI is InChI=1S/C12H15NO3/c1-3-10-11(16-12(14)13-10)8-4-6-9(15-2)7-5-8/h4-7,10-11H,3H2,1-2H3,(H,13,14). The average Bonchev–Trinajstić information content (AvgIpc) is 2.70. The smallest absolute Gasteiger partial charge is 0.408 e. The lowest BCUT2D eigenvalue weighted by Crippen LogP contribution is -2.26. The molecule has 4 nitrogen and oxygen atoms in total. The zero-order valence-electron chi connectivity index (χ0n) is 9.40. The van der Waals surface area contributed by atoms with Gasteiger partial charge in [-0.05, 0) is 24.1 Å². The summed E-state index contributed by atoms with van der Waals surface area (Å²) < 4.78 is 10.3. The monoisotopic (exact) mass is 221 g/mol. The van der Waals surface area contributed by atoms with Crippen molar-refractivity contribution < 1.29 is 14.3 Å². The van der Waals surface area contributed by atoms with Gasteiger partial charge in [0.05, 0.1) is 13.2 Å². The Labute approximate surface area is 94.6 Å². The van der Waals surface area contributed by atoms with Crippen LogP contribution >= 0.6 is 0 Å². The molecule has 4 heteroatoms. The largest absolute Gasteiger partial charge is 0.497 e. The lowest BCUT2D eigenvalue weighted by atomic mass is 10.0. The number of amides is 1. The summed E-state index contributed by atoms with van der Waals surface area (Å²) in [5.41, 5.74) is 0.992. The quantitative estimate of drug-likeness (QED) is 0.851. The summed E-state index contributed by atoms with van der Waals surface area (Å²) in [6.45, 7) is 2.02. The molecule has 1 aliphatic heterocycles. The molecule has 0 saturated carbocycles. The Hall–Kier alpha value is -1.71. The van der Waals surface area contributed by atoms with E-state index in [2.05, 4.69) is 5.32 Å². The van der Waals surface area contributed by atoms with Gasteiger partial charge >= 0.3 is 6.09 Å². The molecule has 0 aromatic heterocycles. The van der Waals surface area contributed by atoms with E-state index in [9.17, 15) is 4.79 Å². The van der Waals surface area contributed by atoms with Crippen molar-refractivity contribution in [3.05, 3.63) is 29.8 Å². The van der Waals surface area contributed by atoms with Crippen molar-refractivity contribution >= 4 is 6.09 Å². The Kier molecular flexibility index (Phi) is 2.99. The topological polar surface area (TPSA) is 47.6 Å². The van der Waals surface area contributed by atoms with Gasteiger partial charge in [0.15, 0.2) is 0 Å². The number of alkyl carbamates (subject to hydrolysis) is 1. The minimum absolute atomic E-state index is 0.0564. The van der Waals surface area contributed by atoms with Gasteiger partial charge in [-0.15, -0.1) is 0 Å². The van der Waals surface area contributed by atoms with Gasteiger partial charge in [-0.1, -0.05) is 19.1 Å². The van der Waals surface area contributed by atoms with Crippen molar-refractivity contribution in [2.75, 3.05) is 7.11 Å². The highest BCUT2D eigenvalue weighted by molar-refractivity contribution is 5.70. The first-order valence-electron chi connectivity index (χ1n) is 5.35. The number of ether oxygens (including phenoxy) is 2. The highest BCUT2D eigenvalue weighted by atomic mass is 16.6. The SMILES string of the molecule is CCC1NC(=O)OC1c1ccc(OC)cc1. The first-order valence-corrected chi connectivity index (χ1v) is 5.35. The van der Waals surface area contributed by atoms with Gasteiger partial charge in [0.25, 0.3) is 0 Å². The molecule has 0 bridgehead atoms. The number of nitrogens with one attached hydrogen (secondary N) is 1. The zero-order chi connectivity index (χ0) is 11.5. The molecule has 2 rings (SSSR count). The van der Waals surface area contributed by atoms with Gasteiger partial charge in [0, 0.05) is 0 Å². The zero-order valence-corrected chi connectivity index (χ0v) is 9.40. The summed E-state index contributed by atoms with van der Waals surface area (Å²) in [6.07, 6.45) is 0.318. The summed E-state index contributed by atoms with van der Waals surface area (Å²) >= 11 is 0. The normalized spacial score (nSPS) is 23.8. The number of carbonyl (C=O) groups excluding carboxylic acids is 1. The summed E-state index contributed by atoms with van der Waals surface area (Å²) in [7, 11) is 1.63. The Morgan fingerprint density at radius 3 is 2.62 bits per heavy atom. The minimum Gasteiger partial charge on any atom is -0.497 e. The second-order valence-corrected chi connectivity index (χ2v) is 3.76. The molecule has 16 heavy (non-hydrogen) atoms. The Balaban J connectivity index is 2.19. The van der Waals surface area contributed by atoms with Crippen LogP contribution in [0.4, 0.5) is 4.79 Å². The highest BCUT2D eigenvalue weighted by Gasteiger charge is 2.33. The number of hydrogen-bond acceptors (Lipinski definition) is 3. The van der Waals surface area contributed by atoms with Crippen LogP contribution in [0.25, 0.3) is 0 Å². The van der Waals surface area contributed by atoms with Gasteiger partial charge in [-0.25, -0.2) is 4.79 Å². The molecule has 1 aromatic rings. The van der Waals surface area contributed by atoms with Crippen molar-refractivity contribution in [1.82, 2.24) is 5.32 Å². The molecular formula is C12H15NO3. The van der Waals surface area contributed by atoms with Crippen LogP contribution in [-0.4, -0.2) is 19.2 Å². The lowest BCUT2D eigenvalue weighted by Gasteiger charge is -2.15. The Bertz CT molecular complexity index is 374. The van der Waals surface area contributed by atoms with Crippen LogP contribution in [0.2, 0.25) is 0 Å². The maximum Gasteiger partial charge on any atom is 0.408 e. The molecule has 0 spiro atoms. The number of methoxy groups -OCH3 is 1. The summed E-state index contributed by atoms with van der Waals surface area (Å²) in [5.74, 6) is 0.800. The third-order valence-corrected chi connectivity index (χ3v) is 2.79. The molecule has 2 unspecified atom stereocenters. The van der Waals surface area contributed by atoms with Crippen LogP contribution in [0.1, 0.15) is 25.0 Å². The molecule has 1 N–H and O–H groups in total. The van der Waals surface area contributed by atoms with E-state index in [1.54, 1.807) is 7.11 Å². The Morgan fingerprint density at radius 2 is 2.06 bits per heavy atom. The van der Waals surface area contributed by atoms with E-state index < -0.39 is 0 Å². The molecule has 86 valence electrons. The van der Waals surface area contributed by atoms with Crippen molar-refractivity contribution in [3.63, 3.8) is 0 Å². The van der Waals surface area contributed by atoms with E-state index in [0.717, 1.165) is 17.7 Å². The molecule has 0 radical (unpaired) electrons. The third kappa shape index (κ3) is 1.96. The first-order chi connectivity index (χ1) is 7.74. The van der Waals surface area contributed by atoms with E-state index in [1.807, 2.05) is 31.2 Å². The average molecular weight is 221 g/mol. The first kappa shape index (κ1) is 10.8. The van der Waals surface area contributed by atoms with Crippen molar-refractivity contribution in [2.45, 2.75) is 25.5 Å². The number of hydrogen-bond donors (Lipinski definition) is 1. The van der Waals surface area contributed by atoms with Crippen molar-refractivity contribution in [1.29, 1.82) is 0 Å². The fourth-order valence-corrected chi connectivity index (χ4v) is 1.87. The van der Waals surface area contributed by atoms with Crippen LogP contribution < -0.4 is 10.1 Å². The van der Waals surface area contributed by atoms with E-state index in [4.69, 9.17) is 9.47 Å². The molecule has 1 aliphatic rings.